The Hall–Kier alpha value is -3.88. The number of nitrogens with two attached hydrogens (primary N) is 1. The van der Waals surface area contributed by atoms with E-state index < -0.39 is 11.9 Å². The number of nitrogens with one attached hydrogen (secondary N) is 1. The number of pyridine rings is 1. The van der Waals surface area contributed by atoms with Gasteiger partial charge >= 0.3 is 6.18 Å². The maximum atomic E-state index is 12.6. The summed E-state index contributed by atoms with van der Waals surface area (Å²) in [6, 6.07) is 12.8. The average molecular weight is 441 g/mol. The molecule has 0 atom stereocenters. The van der Waals surface area contributed by atoms with Crippen molar-refractivity contribution in [1.82, 2.24) is 15.0 Å². The molecule has 0 amide bonds. The highest BCUT2D eigenvalue weighted by atomic mass is 19.4. The van der Waals surface area contributed by atoms with E-state index in [1.807, 2.05) is 32.9 Å². The van der Waals surface area contributed by atoms with Gasteiger partial charge in [-0.25, -0.2) is 15.0 Å². The number of ether oxygens (including phenoxy) is 1. The van der Waals surface area contributed by atoms with Gasteiger partial charge in [0.2, 0.25) is 0 Å². The van der Waals surface area contributed by atoms with Crippen LogP contribution in [0, 0.1) is 6.92 Å². The lowest BCUT2D eigenvalue weighted by atomic mass is 10.2. The zero-order valence-electron chi connectivity index (χ0n) is 17.7. The molecule has 0 aliphatic rings. The molecule has 0 aliphatic heterocycles. The number of nitrogens with zero attached hydrogens (tertiary/aromatic N) is 3. The van der Waals surface area contributed by atoms with Gasteiger partial charge in [-0.2, -0.15) is 13.2 Å². The fraction of sp³-hybridized carbons (Fsp3) is 0.174. The van der Waals surface area contributed by atoms with E-state index in [0.29, 0.717) is 17.3 Å². The van der Waals surface area contributed by atoms with Crippen LogP contribution in [-0.4, -0.2) is 15.0 Å². The molecule has 0 radical (unpaired) electrons. The highest BCUT2D eigenvalue weighted by Gasteiger charge is 2.32. The third kappa shape index (κ3) is 5.23. The summed E-state index contributed by atoms with van der Waals surface area (Å²) in [5.74, 6) is 1.32. The summed E-state index contributed by atoms with van der Waals surface area (Å²) < 4.78 is 43.6. The Morgan fingerprint density at radius 3 is 2.38 bits per heavy atom. The summed E-state index contributed by atoms with van der Waals surface area (Å²) in [5, 5.41) is 4.01. The molecule has 2 heterocycles. The molecule has 0 spiro atoms. The van der Waals surface area contributed by atoms with E-state index in [1.54, 1.807) is 24.3 Å². The van der Waals surface area contributed by atoms with Gasteiger partial charge in [0.1, 0.15) is 29.3 Å². The molecule has 6 nitrogen and oxygen atoms in total. The molecule has 4 aromatic rings. The summed E-state index contributed by atoms with van der Waals surface area (Å²) in [4.78, 5) is 11.9. The molecule has 9 heteroatoms. The predicted molar refractivity (Wildman–Crippen MR) is 119 cm³/mol. The van der Waals surface area contributed by atoms with Gasteiger partial charge in [0, 0.05) is 16.8 Å². The summed E-state index contributed by atoms with van der Waals surface area (Å²) in [5.41, 5.74) is 7.79. The van der Waals surface area contributed by atoms with Crippen molar-refractivity contribution < 1.29 is 17.9 Å². The van der Waals surface area contributed by atoms with E-state index in [4.69, 9.17) is 10.5 Å². The summed E-state index contributed by atoms with van der Waals surface area (Å²) in [6.07, 6.45) is -1.98. The van der Waals surface area contributed by atoms with Gasteiger partial charge < -0.3 is 15.8 Å². The molecule has 32 heavy (non-hydrogen) atoms. The molecule has 4 rings (SSSR count). The number of alkyl halides is 3. The van der Waals surface area contributed by atoms with Crippen molar-refractivity contribution in [3.63, 3.8) is 0 Å². The molecule has 0 aliphatic carbocycles. The van der Waals surface area contributed by atoms with Crippen molar-refractivity contribution >= 4 is 28.1 Å². The van der Waals surface area contributed by atoms with Gasteiger partial charge in [-0.1, -0.05) is 13.8 Å². The van der Waals surface area contributed by atoms with E-state index in [1.165, 1.54) is 12.4 Å². The van der Waals surface area contributed by atoms with Crippen LogP contribution in [0.25, 0.3) is 10.9 Å². The minimum Gasteiger partial charge on any atom is -0.455 e. The van der Waals surface area contributed by atoms with Crippen LogP contribution in [0.3, 0.4) is 0 Å². The Morgan fingerprint density at radius 2 is 1.72 bits per heavy atom. The molecule has 2 aromatic heterocycles. The van der Waals surface area contributed by atoms with Crippen LogP contribution in [0.15, 0.2) is 61.1 Å². The Kier molecular flexibility index (Phi) is 6.77. The first-order chi connectivity index (χ1) is 15.3. The Balaban J connectivity index is 0.00000141. The molecular weight excluding hydrogens is 419 g/mol. The van der Waals surface area contributed by atoms with Gasteiger partial charge in [-0.15, -0.1) is 0 Å². The number of nitrogen functional groups attached to an aromatic ring is 1. The van der Waals surface area contributed by atoms with Crippen molar-refractivity contribution in [2.45, 2.75) is 26.9 Å². The second kappa shape index (κ2) is 9.51. The predicted octanol–water partition coefficient (Wildman–Crippen LogP) is 6.50. The van der Waals surface area contributed by atoms with Gasteiger partial charge in [-0.3, -0.25) is 0 Å². The highest BCUT2D eigenvalue weighted by Crippen LogP contribution is 2.32. The first kappa shape index (κ1) is 22.8. The van der Waals surface area contributed by atoms with Crippen molar-refractivity contribution in [2.75, 3.05) is 11.1 Å². The third-order valence-electron chi connectivity index (χ3n) is 4.35. The minimum atomic E-state index is -4.49. The number of rotatable bonds is 4. The zero-order chi connectivity index (χ0) is 23.3. The molecule has 2 aromatic carbocycles. The number of hydrogen-bond donors (Lipinski definition) is 2. The number of aromatic nitrogens is 3. The average Bonchev–Trinajstić information content (AvgIpc) is 2.77. The second-order valence-corrected chi connectivity index (χ2v) is 6.58. The van der Waals surface area contributed by atoms with Crippen LogP contribution >= 0.6 is 0 Å². The number of benzene rings is 2. The smallest absolute Gasteiger partial charge is 0.433 e. The van der Waals surface area contributed by atoms with Crippen LogP contribution in [-0.2, 0) is 6.18 Å². The fourth-order valence-electron chi connectivity index (χ4n) is 2.89. The maximum absolute atomic E-state index is 12.6. The van der Waals surface area contributed by atoms with Crippen LogP contribution < -0.4 is 15.8 Å². The number of hydrogen-bond acceptors (Lipinski definition) is 6. The lowest BCUT2D eigenvalue weighted by Gasteiger charge is -2.13. The van der Waals surface area contributed by atoms with Crippen molar-refractivity contribution in [2.24, 2.45) is 0 Å². The highest BCUT2D eigenvalue weighted by molar-refractivity contribution is 5.92. The van der Waals surface area contributed by atoms with Crippen molar-refractivity contribution in [3.05, 3.63) is 72.3 Å². The Labute approximate surface area is 183 Å². The first-order valence-corrected chi connectivity index (χ1v) is 9.88. The lowest BCUT2D eigenvalue weighted by molar-refractivity contribution is -0.141. The number of halogens is 3. The lowest BCUT2D eigenvalue weighted by Crippen LogP contribution is -2.07. The van der Waals surface area contributed by atoms with Crippen molar-refractivity contribution in [1.29, 1.82) is 0 Å². The summed E-state index contributed by atoms with van der Waals surface area (Å²) in [6.45, 7) is 5.83. The van der Waals surface area contributed by atoms with E-state index in [2.05, 4.69) is 20.3 Å². The standard InChI is InChI=1S/C21H16F3N5O.C2H6/c1-12-8-14(29-20-16-9-13(25)2-5-17(16)27-11-28-20)3-6-18(12)30-15-4-7-19(26-10-15)21(22,23)24;1-2/h2-11H,25H2,1H3,(H,27,28,29);1-2H3. The van der Waals surface area contributed by atoms with Crippen molar-refractivity contribution in [3.8, 4) is 11.5 Å². The quantitative estimate of drug-likeness (QED) is 0.352. The molecule has 3 N–H and O–H groups in total. The monoisotopic (exact) mass is 441 g/mol. The van der Waals surface area contributed by atoms with Gasteiger partial charge in [0.15, 0.2) is 0 Å². The van der Waals surface area contributed by atoms with E-state index in [9.17, 15) is 13.2 Å². The third-order valence-corrected chi connectivity index (χ3v) is 4.35. The Bertz CT molecular complexity index is 1210. The maximum Gasteiger partial charge on any atom is 0.433 e. The fourth-order valence-corrected chi connectivity index (χ4v) is 2.89. The van der Waals surface area contributed by atoms with Gasteiger partial charge in [0.25, 0.3) is 0 Å². The topological polar surface area (TPSA) is 86.0 Å². The molecular formula is C23H22F3N5O. The van der Waals surface area contributed by atoms with E-state index in [-0.39, 0.29) is 5.75 Å². The Morgan fingerprint density at radius 1 is 0.938 bits per heavy atom. The number of aryl methyl sites for hydroxylation is 1. The minimum absolute atomic E-state index is 0.212. The number of fused-ring (bicyclic) bond motifs is 1. The van der Waals surface area contributed by atoms with Gasteiger partial charge in [0.05, 0.1) is 11.7 Å². The van der Waals surface area contributed by atoms with Gasteiger partial charge in [-0.05, 0) is 61.0 Å². The SMILES string of the molecule is CC.Cc1cc(Nc2ncnc3ccc(N)cc23)ccc1Oc1ccc(C(F)(F)F)nc1. The van der Waals surface area contributed by atoms with E-state index in [0.717, 1.165) is 34.4 Å². The van der Waals surface area contributed by atoms with E-state index >= 15 is 0 Å². The second-order valence-electron chi connectivity index (χ2n) is 6.58. The molecule has 166 valence electrons. The first-order valence-electron chi connectivity index (χ1n) is 9.88. The zero-order valence-corrected chi connectivity index (χ0v) is 17.7. The molecule has 0 bridgehead atoms. The molecule has 0 saturated heterocycles. The molecule has 0 unspecified atom stereocenters. The summed E-state index contributed by atoms with van der Waals surface area (Å²) >= 11 is 0. The van der Waals surface area contributed by atoms with Crippen LogP contribution in [0.4, 0.5) is 30.4 Å². The normalized spacial score (nSPS) is 10.9. The van der Waals surface area contributed by atoms with Crippen LogP contribution in [0.5, 0.6) is 11.5 Å². The summed E-state index contributed by atoms with van der Waals surface area (Å²) in [7, 11) is 0. The molecule has 0 saturated carbocycles. The number of anilines is 3. The van der Waals surface area contributed by atoms with Crippen LogP contribution in [0.2, 0.25) is 0 Å². The largest absolute Gasteiger partial charge is 0.455 e. The van der Waals surface area contributed by atoms with Crippen LogP contribution in [0.1, 0.15) is 25.1 Å². The molecule has 0 fully saturated rings.